The van der Waals surface area contributed by atoms with Gasteiger partial charge in [0, 0.05) is 45.4 Å². The molecule has 0 spiro atoms. The summed E-state index contributed by atoms with van der Waals surface area (Å²) in [7, 11) is 1.68. The Morgan fingerprint density at radius 1 is 0.861 bits per heavy atom. The summed E-state index contributed by atoms with van der Waals surface area (Å²) in [4.78, 5) is 123. The predicted octanol–water partition coefficient (Wildman–Crippen LogP) is 3.76. The van der Waals surface area contributed by atoms with Crippen LogP contribution in [0.15, 0.2) is 65.5 Å². The third-order valence-corrected chi connectivity index (χ3v) is 14.8. The molecule has 1 aliphatic carbocycles. The Balaban J connectivity index is 0.901. The van der Waals surface area contributed by atoms with E-state index in [1.165, 1.54) is 9.47 Å². The van der Waals surface area contributed by atoms with E-state index in [9.17, 15) is 43.2 Å². The molecule has 4 aliphatic rings. The number of alkyl carbamates (subject to hydrolysis) is 1. The van der Waals surface area contributed by atoms with E-state index in [2.05, 4.69) is 21.3 Å². The second kappa shape index (κ2) is 21.7. The number of nitrogens with one attached hydrogen (secondary N) is 4. The maximum absolute atomic E-state index is 14.7. The van der Waals surface area contributed by atoms with Crippen molar-refractivity contribution >= 4 is 69.2 Å². The van der Waals surface area contributed by atoms with Crippen molar-refractivity contribution in [2.24, 2.45) is 24.6 Å². The van der Waals surface area contributed by atoms with Gasteiger partial charge in [-0.1, -0.05) is 48.5 Å². The van der Waals surface area contributed by atoms with Gasteiger partial charge < -0.3 is 36.2 Å². The minimum Gasteiger partial charge on any atom is -0.444 e. The Labute approximate surface area is 417 Å². The van der Waals surface area contributed by atoms with E-state index in [0.717, 1.165) is 54.0 Å². The van der Waals surface area contributed by atoms with Crippen LogP contribution in [0.5, 0.6) is 0 Å². The molecule has 8 rings (SSSR count). The zero-order chi connectivity index (χ0) is 51.4. The quantitative estimate of drug-likeness (QED) is 0.114. The van der Waals surface area contributed by atoms with Crippen molar-refractivity contribution in [3.8, 4) is 0 Å². The minimum absolute atomic E-state index is 0.0572. The van der Waals surface area contributed by atoms with E-state index >= 15 is 0 Å². The molecule has 19 heteroatoms. The third-order valence-electron chi connectivity index (χ3n) is 14.8. The Morgan fingerprint density at radius 3 is 2.33 bits per heavy atom. The zero-order valence-electron chi connectivity index (χ0n) is 41.6. The lowest BCUT2D eigenvalue weighted by Gasteiger charge is -2.39. The Hall–Kier alpha value is -7.05. The number of rotatable bonds is 14. The molecule has 0 bridgehead atoms. The van der Waals surface area contributed by atoms with Crippen molar-refractivity contribution < 1.29 is 43.1 Å². The summed E-state index contributed by atoms with van der Waals surface area (Å²) < 4.78 is 8.58. The van der Waals surface area contributed by atoms with Crippen molar-refractivity contribution in [1.82, 2.24) is 40.2 Å². The molecule has 0 radical (unpaired) electrons. The normalized spacial score (nSPS) is 23.1. The molecule has 1 unspecified atom stereocenters. The maximum atomic E-state index is 14.7. The highest BCUT2D eigenvalue weighted by Crippen LogP contribution is 2.35. The van der Waals surface area contributed by atoms with Gasteiger partial charge in [-0.05, 0) is 131 Å². The molecule has 4 heterocycles. The number of aromatic nitrogens is 2. The number of carbonyl (C=O) groups is 8. The molecule has 19 nitrogen and oxygen atoms in total. The first-order valence-corrected chi connectivity index (χ1v) is 25.3. The number of primary amides is 1. The summed E-state index contributed by atoms with van der Waals surface area (Å²) in [5.74, 6) is -2.74. The van der Waals surface area contributed by atoms with Crippen molar-refractivity contribution in [2.75, 3.05) is 13.1 Å². The van der Waals surface area contributed by atoms with Crippen LogP contribution < -0.4 is 32.7 Å². The SMILES string of the molecule is Cn1c(=O)n(C2CCC(=O)NC2=O)c2ccc(C[C@H]3CC[C@@H](CC(=O)N4CC[C@H]5CC[C@@H](C(=O)N[C@@H](CCC(N)=O)C(=O)NCc6cccc7ccccc67)N5C(=O)[C@@H](NC(=O)OC(C)(C)C)C4)CC3)cc21. The van der Waals surface area contributed by atoms with Crippen LogP contribution in [0.2, 0.25) is 0 Å². The number of hydrogen-bond donors (Lipinski definition) is 5. The molecular weight excluding hydrogens is 923 g/mol. The molecule has 8 amide bonds. The number of piperidine rings is 1. The standard InChI is InChI=1S/C53H67N9O10/c1-53(2,3)72-51(70)57-39-30-60(46(65)28-32-14-12-31(13-15-32)26-33-16-19-40-43(27-33)59(4)52(71)62(40)42-21-23-45(64)58-49(42)68)25-24-36-17-20-41(61(36)50(39)69)48(67)56-38(18-22-44(54)63)47(66)55-29-35-10-7-9-34-8-5-6-11-37(34)35/h5-11,16,19,27,31-32,36,38-39,41-42H,12-15,17-18,20-26,28-30H2,1-4H3,(H2,54,63)(H,55,66)(H,56,67)(H,57,70)(H,58,64,68)/t31-,32+,36-,38+,39+,41+,42?/m1/s1. The second-order valence-corrected chi connectivity index (χ2v) is 21.0. The molecule has 1 aromatic heterocycles. The first-order chi connectivity index (χ1) is 34.3. The van der Waals surface area contributed by atoms with E-state index < -0.39 is 71.4 Å². The van der Waals surface area contributed by atoms with Gasteiger partial charge in [0.2, 0.25) is 41.4 Å². The van der Waals surface area contributed by atoms with Gasteiger partial charge in [0.25, 0.3) is 0 Å². The Morgan fingerprint density at radius 2 is 1.60 bits per heavy atom. The molecule has 1 saturated carbocycles. The molecule has 6 N–H and O–H groups in total. The summed E-state index contributed by atoms with van der Waals surface area (Å²) in [5, 5.41) is 12.8. The fourth-order valence-corrected chi connectivity index (χ4v) is 11.1. The number of hydrogen-bond acceptors (Lipinski definition) is 10. The molecule has 3 aromatic carbocycles. The summed E-state index contributed by atoms with van der Waals surface area (Å²) in [6, 6.07) is 14.9. The number of carbonyl (C=O) groups excluding carboxylic acids is 8. The van der Waals surface area contributed by atoms with Gasteiger partial charge in [-0.15, -0.1) is 0 Å². The van der Waals surface area contributed by atoms with E-state index in [4.69, 9.17) is 10.5 Å². The number of nitrogens with two attached hydrogens (primary N) is 1. The van der Waals surface area contributed by atoms with E-state index in [1.54, 1.807) is 37.3 Å². The lowest BCUT2D eigenvalue weighted by molar-refractivity contribution is -0.146. The van der Waals surface area contributed by atoms with Crippen molar-refractivity contribution in [3.05, 3.63) is 82.3 Å². The second-order valence-electron chi connectivity index (χ2n) is 21.0. The number of fused-ring (bicyclic) bond motifs is 3. The van der Waals surface area contributed by atoms with Gasteiger partial charge in [-0.2, -0.15) is 0 Å². The van der Waals surface area contributed by atoms with Crippen molar-refractivity contribution in [2.45, 2.75) is 147 Å². The molecule has 5 atom stereocenters. The lowest BCUT2D eigenvalue weighted by Crippen LogP contribution is -2.62. The fourth-order valence-electron chi connectivity index (χ4n) is 11.1. The number of imidazole rings is 1. The van der Waals surface area contributed by atoms with Crippen molar-refractivity contribution in [3.63, 3.8) is 0 Å². The molecule has 4 fully saturated rings. The van der Waals surface area contributed by atoms with E-state index in [-0.39, 0.29) is 81.6 Å². The number of aryl methyl sites for hydroxylation is 1. The van der Waals surface area contributed by atoms with Crippen LogP contribution in [0, 0.1) is 11.8 Å². The predicted molar refractivity (Wildman–Crippen MR) is 267 cm³/mol. The van der Waals surface area contributed by atoms with Crippen LogP contribution in [-0.2, 0) is 58.3 Å². The molecule has 3 saturated heterocycles. The van der Waals surface area contributed by atoms with Crippen LogP contribution in [0.4, 0.5) is 4.79 Å². The molecule has 4 aromatic rings. The van der Waals surface area contributed by atoms with Gasteiger partial charge in [0.1, 0.15) is 29.8 Å². The Kier molecular flexibility index (Phi) is 15.5. The highest BCUT2D eigenvalue weighted by molar-refractivity contribution is 6.00. The summed E-state index contributed by atoms with van der Waals surface area (Å²) in [5.41, 5.74) is 7.57. The zero-order valence-corrected chi connectivity index (χ0v) is 41.6. The van der Waals surface area contributed by atoms with Gasteiger partial charge in [0.05, 0.1) is 17.6 Å². The summed E-state index contributed by atoms with van der Waals surface area (Å²) in [6.45, 7) is 5.43. The largest absolute Gasteiger partial charge is 0.444 e. The first kappa shape index (κ1) is 51.3. The van der Waals surface area contributed by atoms with Crippen LogP contribution in [-0.4, -0.2) is 109 Å². The summed E-state index contributed by atoms with van der Waals surface area (Å²) >= 11 is 0. The highest BCUT2D eigenvalue weighted by atomic mass is 16.6. The van der Waals surface area contributed by atoms with Crippen molar-refractivity contribution in [1.29, 1.82) is 0 Å². The van der Waals surface area contributed by atoms with E-state index in [1.807, 2.05) is 60.7 Å². The van der Waals surface area contributed by atoms with Gasteiger partial charge in [0.15, 0.2) is 0 Å². The third kappa shape index (κ3) is 11.8. The molecule has 72 heavy (non-hydrogen) atoms. The number of benzene rings is 3. The van der Waals surface area contributed by atoms with Gasteiger partial charge in [-0.25, -0.2) is 9.59 Å². The minimum atomic E-state index is -1.23. The fraction of sp³-hybridized carbons (Fsp3) is 0.528. The first-order valence-electron chi connectivity index (χ1n) is 25.3. The maximum Gasteiger partial charge on any atom is 0.408 e. The monoisotopic (exact) mass is 990 g/mol. The highest BCUT2D eigenvalue weighted by Gasteiger charge is 2.46. The molecular formula is C53H67N9O10. The smallest absolute Gasteiger partial charge is 0.408 e. The average molecular weight is 990 g/mol. The lowest BCUT2D eigenvalue weighted by atomic mass is 9.78. The van der Waals surface area contributed by atoms with Gasteiger partial charge >= 0.3 is 11.8 Å². The number of amides is 8. The number of ether oxygens (including phenoxy) is 1. The van der Waals surface area contributed by atoms with Crippen LogP contribution in [0.25, 0.3) is 21.8 Å². The topological polar surface area (TPSA) is 253 Å². The van der Waals surface area contributed by atoms with Gasteiger partial charge in [-0.3, -0.25) is 48.0 Å². The Bertz CT molecular complexity index is 2820. The summed E-state index contributed by atoms with van der Waals surface area (Å²) in [6.07, 6.45) is 4.98. The molecule has 384 valence electrons. The van der Waals surface area contributed by atoms with Crippen LogP contribution >= 0.6 is 0 Å². The average Bonchev–Trinajstić information content (AvgIpc) is 3.86. The van der Waals surface area contributed by atoms with Crippen LogP contribution in [0.1, 0.15) is 115 Å². The number of imide groups is 1. The van der Waals surface area contributed by atoms with Crippen LogP contribution in [0.3, 0.4) is 0 Å². The molecule has 3 aliphatic heterocycles. The van der Waals surface area contributed by atoms with E-state index in [0.29, 0.717) is 29.8 Å². The number of nitrogens with zero attached hydrogens (tertiary/aromatic N) is 4.